The van der Waals surface area contributed by atoms with Gasteiger partial charge in [0, 0.05) is 34.8 Å². The van der Waals surface area contributed by atoms with E-state index in [1.54, 1.807) is 10.7 Å². The second-order valence-corrected chi connectivity index (χ2v) is 6.19. The number of halogens is 1. The minimum atomic E-state index is -0.753. The average molecular weight is 279 g/mol. The van der Waals surface area contributed by atoms with Crippen molar-refractivity contribution in [3.63, 3.8) is 0 Å². The molecule has 2 aromatic rings. The Morgan fingerprint density at radius 1 is 1.21 bits per heavy atom. The molecule has 19 heavy (non-hydrogen) atoms. The molecule has 4 heteroatoms. The first-order valence-electron chi connectivity index (χ1n) is 6.27. The summed E-state index contributed by atoms with van der Waals surface area (Å²) in [6.07, 6.45) is 1.10. The molecule has 0 saturated carbocycles. The Balaban J connectivity index is 2.51. The van der Waals surface area contributed by atoms with Gasteiger partial charge in [0.2, 0.25) is 0 Å². The molecule has 1 aromatic heterocycles. The Kier molecular flexibility index (Phi) is 3.70. The second kappa shape index (κ2) is 4.99. The van der Waals surface area contributed by atoms with Crippen LogP contribution in [0.2, 0.25) is 5.02 Å². The van der Waals surface area contributed by atoms with Gasteiger partial charge in [0.05, 0.1) is 5.69 Å². The zero-order chi connectivity index (χ0) is 14.2. The van der Waals surface area contributed by atoms with E-state index in [1.807, 2.05) is 31.4 Å². The van der Waals surface area contributed by atoms with Gasteiger partial charge in [0.25, 0.3) is 0 Å². The van der Waals surface area contributed by atoms with Gasteiger partial charge in [0.15, 0.2) is 0 Å². The van der Waals surface area contributed by atoms with Crippen LogP contribution in [0.25, 0.3) is 0 Å². The molecule has 0 spiro atoms. The highest BCUT2D eigenvalue weighted by Gasteiger charge is 2.27. The van der Waals surface area contributed by atoms with Gasteiger partial charge in [-0.1, -0.05) is 50.6 Å². The first-order chi connectivity index (χ1) is 8.80. The SMILES string of the molecule is Cn1cc(C(O)c2ccccc2Cl)c(C(C)(C)C)n1. The topological polar surface area (TPSA) is 38.0 Å². The fourth-order valence-electron chi connectivity index (χ4n) is 2.15. The molecule has 1 N–H and O–H groups in total. The van der Waals surface area contributed by atoms with Crippen molar-refractivity contribution in [1.29, 1.82) is 0 Å². The number of aryl methyl sites for hydroxylation is 1. The van der Waals surface area contributed by atoms with Crippen molar-refractivity contribution in [1.82, 2.24) is 9.78 Å². The molecule has 0 bridgehead atoms. The lowest BCUT2D eigenvalue weighted by atomic mass is 9.87. The number of rotatable bonds is 2. The Bertz CT molecular complexity index is 584. The fourth-order valence-corrected chi connectivity index (χ4v) is 2.39. The summed E-state index contributed by atoms with van der Waals surface area (Å²) in [6, 6.07) is 7.35. The number of nitrogens with zero attached hydrogens (tertiary/aromatic N) is 2. The van der Waals surface area contributed by atoms with Gasteiger partial charge in [0.1, 0.15) is 6.10 Å². The predicted molar refractivity (Wildman–Crippen MR) is 77.4 cm³/mol. The Morgan fingerprint density at radius 3 is 2.42 bits per heavy atom. The minimum Gasteiger partial charge on any atom is -0.383 e. The molecule has 0 amide bonds. The molecule has 0 radical (unpaired) electrons. The predicted octanol–water partition coefficient (Wildman–Crippen LogP) is 3.45. The van der Waals surface area contributed by atoms with E-state index in [2.05, 4.69) is 25.9 Å². The third kappa shape index (κ3) is 2.82. The van der Waals surface area contributed by atoms with Gasteiger partial charge in [-0.3, -0.25) is 4.68 Å². The summed E-state index contributed by atoms with van der Waals surface area (Å²) in [5, 5.41) is 15.6. The van der Waals surface area contributed by atoms with Crippen molar-refractivity contribution in [2.45, 2.75) is 32.3 Å². The van der Waals surface area contributed by atoms with Crippen LogP contribution in [0.3, 0.4) is 0 Å². The van der Waals surface area contributed by atoms with Crippen LogP contribution in [-0.2, 0) is 12.5 Å². The van der Waals surface area contributed by atoms with Crippen molar-refractivity contribution < 1.29 is 5.11 Å². The van der Waals surface area contributed by atoms with Crippen LogP contribution in [-0.4, -0.2) is 14.9 Å². The quantitative estimate of drug-likeness (QED) is 0.914. The molecule has 2 rings (SSSR count). The molecule has 0 fully saturated rings. The monoisotopic (exact) mass is 278 g/mol. The number of aliphatic hydroxyl groups is 1. The summed E-state index contributed by atoms with van der Waals surface area (Å²) in [4.78, 5) is 0. The van der Waals surface area contributed by atoms with E-state index in [-0.39, 0.29) is 5.41 Å². The van der Waals surface area contributed by atoms with Crippen LogP contribution in [0, 0.1) is 0 Å². The smallest absolute Gasteiger partial charge is 0.109 e. The summed E-state index contributed by atoms with van der Waals surface area (Å²) < 4.78 is 1.73. The van der Waals surface area contributed by atoms with Crippen LogP contribution in [0.15, 0.2) is 30.5 Å². The second-order valence-electron chi connectivity index (χ2n) is 5.78. The first kappa shape index (κ1) is 14.1. The van der Waals surface area contributed by atoms with Crippen LogP contribution in [0.4, 0.5) is 0 Å². The van der Waals surface area contributed by atoms with E-state index in [0.717, 1.165) is 11.3 Å². The first-order valence-corrected chi connectivity index (χ1v) is 6.65. The largest absolute Gasteiger partial charge is 0.383 e. The molecule has 1 unspecified atom stereocenters. The van der Waals surface area contributed by atoms with Crippen LogP contribution < -0.4 is 0 Å². The zero-order valence-electron chi connectivity index (χ0n) is 11.7. The molecular weight excluding hydrogens is 260 g/mol. The molecule has 102 valence electrons. The molecule has 3 nitrogen and oxygen atoms in total. The van der Waals surface area contributed by atoms with E-state index < -0.39 is 6.10 Å². The van der Waals surface area contributed by atoms with Gasteiger partial charge < -0.3 is 5.11 Å². The van der Waals surface area contributed by atoms with Gasteiger partial charge in [-0.2, -0.15) is 5.10 Å². The van der Waals surface area contributed by atoms with E-state index >= 15 is 0 Å². The summed E-state index contributed by atoms with van der Waals surface area (Å²) in [6.45, 7) is 6.24. The Morgan fingerprint density at radius 2 is 1.84 bits per heavy atom. The van der Waals surface area contributed by atoms with Gasteiger partial charge in [-0.05, 0) is 6.07 Å². The Hall–Kier alpha value is -1.32. The molecule has 0 saturated heterocycles. The molecule has 1 aromatic carbocycles. The van der Waals surface area contributed by atoms with Crippen molar-refractivity contribution in [2.24, 2.45) is 7.05 Å². The van der Waals surface area contributed by atoms with Crippen molar-refractivity contribution in [3.05, 3.63) is 52.3 Å². The molecule has 0 aliphatic carbocycles. The molecular formula is C15H19ClN2O. The maximum Gasteiger partial charge on any atom is 0.109 e. The lowest BCUT2D eigenvalue weighted by molar-refractivity contribution is 0.217. The standard InChI is InChI=1S/C15H19ClN2O/c1-15(2,3)14-11(9-18(4)17-14)13(19)10-7-5-6-8-12(10)16/h5-9,13,19H,1-4H3. The minimum absolute atomic E-state index is 0.126. The highest BCUT2D eigenvalue weighted by molar-refractivity contribution is 6.31. The van der Waals surface area contributed by atoms with E-state index in [0.29, 0.717) is 10.6 Å². The van der Waals surface area contributed by atoms with Crippen LogP contribution >= 0.6 is 11.6 Å². The lowest BCUT2D eigenvalue weighted by Gasteiger charge is -2.20. The van der Waals surface area contributed by atoms with Crippen LogP contribution in [0.1, 0.15) is 43.7 Å². The molecule has 0 aliphatic heterocycles. The summed E-state index contributed by atoms with van der Waals surface area (Å²) in [5.41, 5.74) is 2.28. The van der Waals surface area contributed by atoms with Gasteiger partial charge in [-0.25, -0.2) is 0 Å². The maximum absolute atomic E-state index is 10.6. The zero-order valence-corrected chi connectivity index (χ0v) is 12.4. The molecule has 0 aliphatic rings. The summed E-state index contributed by atoms with van der Waals surface area (Å²) >= 11 is 6.16. The highest BCUT2D eigenvalue weighted by Crippen LogP contribution is 2.34. The number of aliphatic hydroxyl groups excluding tert-OH is 1. The van der Waals surface area contributed by atoms with E-state index in [9.17, 15) is 5.11 Å². The third-order valence-corrected chi connectivity index (χ3v) is 3.41. The third-order valence-electron chi connectivity index (χ3n) is 3.06. The number of aromatic nitrogens is 2. The number of hydrogen-bond donors (Lipinski definition) is 1. The van der Waals surface area contributed by atoms with Crippen molar-refractivity contribution in [3.8, 4) is 0 Å². The van der Waals surface area contributed by atoms with Crippen molar-refractivity contribution in [2.75, 3.05) is 0 Å². The average Bonchev–Trinajstić information content (AvgIpc) is 2.71. The number of hydrogen-bond acceptors (Lipinski definition) is 2. The molecule has 1 heterocycles. The number of benzene rings is 1. The lowest BCUT2D eigenvalue weighted by Crippen LogP contribution is -2.16. The molecule has 1 atom stereocenters. The Labute approximate surface area is 118 Å². The van der Waals surface area contributed by atoms with Crippen molar-refractivity contribution >= 4 is 11.6 Å². The fraction of sp³-hybridized carbons (Fsp3) is 0.400. The van der Waals surface area contributed by atoms with E-state index in [4.69, 9.17) is 11.6 Å². The highest BCUT2D eigenvalue weighted by atomic mass is 35.5. The van der Waals surface area contributed by atoms with Gasteiger partial charge in [-0.15, -0.1) is 0 Å². The van der Waals surface area contributed by atoms with Gasteiger partial charge >= 0.3 is 0 Å². The normalized spacial score (nSPS) is 13.6. The summed E-state index contributed by atoms with van der Waals surface area (Å²) in [7, 11) is 1.86. The van der Waals surface area contributed by atoms with Crippen LogP contribution in [0.5, 0.6) is 0 Å². The maximum atomic E-state index is 10.6. The summed E-state index contributed by atoms with van der Waals surface area (Å²) in [5.74, 6) is 0. The van der Waals surface area contributed by atoms with E-state index in [1.165, 1.54) is 0 Å².